The van der Waals surface area contributed by atoms with Gasteiger partial charge in [-0.3, -0.25) is 4.79 Å². The number of anilines is 3. The van der Waals surface area contributed by atoms with Crippen molar-refractivity contribution < 1.29 is 18.4 Å². The first kappa shape index (κ1) is 24.8. The molecule has 2 N–H and O–H groups in total. The van der Waals surface area contributed by atoms with Gasteiger partial charge in [0.05, 0.1) is 12.2 Å². The Hall–Kier alpha value is -3.92. The average Bonchev–Trinajstić information content (AvgIpc) is 3.41. The van der Waals surface area contributed by atoms with Crippen molar-refractivity contribution in [1.29, 1.82) is 0 Å². The molecule has 37 heavy (non-hydrogen) atoms. The third-order valence-corrected chi connectivity index (χ3v) is 6.76. The van der Waals surface area contributed by atoms with E-state index in [-0.39, 0.29) is 18.3 Å². The van der Waals surface area contributed by atoms with E-state index in [0.717, 1.165) is 54.9 Å². The van der Waals surface area contributed by atoms with Gasteiger partial charge in [0.15, 0.2) is 5.82 Å². The molecule has 2 aromatic carbocycles. The second-order valence-corrected chi connectivity index (χ2v) is 9.28. The van der Waals surface area contributed by atoms with Crippen LogP contribution in [0.15, 0.2) is 36.4 Å². The molecule has 3 aromatic rings. The molecule has 0 atom stereocenters. The smallest absolute Gasteiger partial charge is 0.328 e. The SMILES string of the molecule is Cc1ccc(C=O)cc1-c1nc(NCCCN2CCCC2)nc2c1CNC(=O)N2c1c(F)cccc1F. The molecule has 5 rings (SSSR count). The van der Waals surface area contributed by atoms with Crippen LogP contribution in [-0.4, -0.2) is 53.4 Å². The van der Waals surface area contributed by atoms with Crippen molar-refractivity contribution in [1.82, 2.24) is 20.2 Å². The van der Waals surface area contributed by atoms with Gasteiger partial charge in [-0.15, -0.1) is 0 Å². The number of aldehydes is 1. The van der Waals surface area contributed by atoms with Crippen molar-refractivity contribution >= 4 is 29.8 Å². The predicted octanol–water partition coefficient (Wildman–Crippen LogP) is 4.80. The highest BCUT2D eigenvalue weighted by Crippen LogP contribution is 2.39. The monoisotopic (exact) mass is 506 g/mol. The highest BCUT2D eigenvalue weighted by Gasteiger charge is 2.34. The van der Waals surface area contributed by atoms with Crippen LogP contribution >= 0.6 is 0 Å². The van der Waals surface area contributed by atoms with Crippen molar-refractivity contribution in [3.63, 3.8) is 0 Å². The van der Waals surface area contributed by atoms with Crippen LogP contribution < -0.4 is 15.5 Å². The molecule has 10 heteroatoms. The topological polar surface area (TPSA) is 90.5 Å². The molecule has 192 valence electrons. The fraction of sp³-hybridized carbons (Fsp3) is 0.333. The maximum atomic E-state index is 14.8. The summed E-state index contributed by atoms with van der Waals surface area (Å²) in [4.78, 5) is 37.1. The van der Waals surface area contributed by atoms with Crippen LogP contribution in [0.1, 0.15) is 40.7 Å². The number of para-hydroxylation sites is 1. The molecule has 0 bridgehead atoms. The first-order valence-electron chi connectivity index (χ1n) is 12.4. The first-order valence-corrected chi connectivity index (χ1v) is 12.4. The van der Waals surface area contributed by atoms with Gasteiger partial charge in [-0.25, -0.2) is 23.5 Å². The van der Waals surface area contributed by atoms with E-state index in [0.29, 0.717) is 28.9 Å². The molecule has 1 fully saturated rings. The zero-order valence-corrected chi connectivity index (χ0v) is 20.6. The van der Waals surface area contributed by atoms with E-state index >= 15 is 0 Å². The summed E-state index contributed by atoms with van der Waals surface area (Å²) >= 11 is 0. The number of amides is 2. The minimum atomic E-state index is -0.887. The van der Waals surface area contributed by atoms with E-state index in [2.05, 4.69) is 20.5 Å². The van der Waals surface area contributed by atoms with Gasteiger partial charge in [0.25, 0.3) is 0 Å². The quantitative estimate of drug-likeness (QED) is 0.337. The molecule has 2 aliphatic rings. The third kappa shape index (κ3) is 5.01. The second kappa shape index (κ2) is 10.6. The predicted molar refractivity (Wildman–Crippen MR) is 137 cm³/mol. The number of carbonyl (C=O) groups is 2. The largest absolute Gasteiger partial charge is 0.354 e. The van der Waals surface area contributed by atoms with Gasteiger partial charge in [-0.2, -0.15) is 4.98 Å². The molecule has 0 spiro atoms. The summed E-state index contributed by atoms with van der Waals surface area (Å²) in [7, 11) is 0. The zero-order chi connectivity index (χ0) is 25.9. The Kier molecular flexibility index (Phi) is 7.09. The van der Waals surface area contributed by atoms with Crippen molar-refractivity contribution in [2.75, 3.05) is 36.4 Å². The molecule has 0 saturated carbocycles. The number of nitrogens with zero attached hydrogens (tertiary/aromatic N) is 4. The van der Waals surface area contributed by atoms with Crippen molar-refractivity contribution in [2.45, 2.75) is 32.7 Å². The molecular weight excluding hydrogens is 478 g/mol. The van der Waals surface area contributed by atoms with Crippen molar-refractivity contribution in [2.24, 2.45) is 0 Å². The molecule has 2 aliphatic heterocycles. The number of likely N-dealkylation sites (tertiary alicyclic amines) is 1. The third-order valence-electron chi connectivity index (χ3n) is 6.76. The lowest BCUT2D eigenvalue weighted by Gasteiger charge is -2.31. The normalized spacial score (nSPS) is 15.4. The minimum Gasteiger partial charge on any atom is -0.354 e. The number of carbonyl (C=O) groups excluding carboxylic acids is 2. The summed E-state index contributed by atoms with van der Waals surface area (Å²) in [5.74, 6) is -1.44. The number of hydrogen-bond donors (Lipinski definition) is 2. The van der Waals surface area contributed by atoms with Gasteiger partial charge in [0.2, 0.25) is 5.95 Å². The number of hydrogen-bond acceptors (Lipinski definition) is 6. The minimum absolute atomic E-state index is 0.0655. The first-order chi connectivity index (χ1) is 18.0. The van der Waals surface area contributed by atoms with Crippen molar-refractivity contribution in [3.8, 4) is 11.3 Å². The number of rotatable bonds is 8. The van der Waals surface area contributed by atoms with Crippen LogP contribution in [-0.2, 0) is 6.54 Å². The summed E-state index contributed by atoms with van der Waals surface area (Å²) in [6.07, 6.45) is 4.04. The highest BCUT2D eigenvalue weighted by atomic mass is 19.1. The Labute approximate surface area is 213 Å². The van der Waals surface area contributed by atoms with Gasteiger partial charge >= 0.3 is 6.03 Å². The Balaban J connectivity index is 1.59. The molecule has 0 radical (unpaired) electrons. The Bertz CT molecular complexity index is 1320. The van der Waals surface area contributed by atoms with Gasteiger partial charge in [0.1, 0.15) is 23.6 Å². The van der Waals surface area contributed by atoms with Crippen LogP contribution in [0.2, 0.25) is 0 Å². The maximum Gasteiger partial charge on any atom is 0.328 e. The summed E-state index contributed by atoms with van der Waals surface area (Å²) in [6, 6.07) is 7.97. The van der Waals surface area contributed by atoms with E-state index in [1.807, 2.05) is 13.0 Å². The van der Waals surface area contributed by atoms with Crippen LogP contribution in [0.4, 0.5) is 31.0 Å². The van der Waals surface area contributed by atoms with Crippen LogP contribution in [0.3, 0.4) is 0 Å². The number of nitrogens with one attached hydrogen (secondary N) is 2. The van der Waals surface area contributed by atoms with Crippen molar-refractivity contribution in [3.05, 3.63) is 64.7 Å². The number of aromatic nitrogens is 2. The number of benzene rings is 2. The Morgan fingerprint density at radius 1 is 1.11 bits per heavy atom. The van der Waals surface area contributed by atoms with E-state index in [1.54, 1.807) is 12.1 Å². The fourth-order valence-corrected chi connectivity index (χ4v) is 4.85. The Morgan fingerprint density at radius 2 is 1.86 bits per heavy atom. The fourth-order valence-electron chi connectivity index (χ4n) is 4.85. The lowest BCUT2D eigenvalue weighted by Crippen LogP contribution is -2.43. The van der Waals surface area contributed by atoms with E-state index in [9.17, 15) is 18.4 Å². The molecule has 0 aliphatic carbocycles. The van der Waals surface area contributed by atoms with Gasteiger partial charge in [-0.05, 0) is 69.6 Å². The van der Waals surface area contributed by atoms with Gasteiger partial charge in [0, 0.05) is 23.2 Å². The lowest BCUT2D eigenvalue weighted by atomic mass is 9.98. The number of fused-ring (bicyclic) bond motifs is 1. The van der Waals surface area contributed by atoms with Gasteiger partial charge < -0.3 is 15.5 Å². The van der Waals surface area contributed by atoms with E-state index in [4.69, 9.17) is 4.98 Å². The van der Waals surface area contributed by atoms with Gasteiger partial charge in [-0.1, -0.05) is 18.2 Å². The maximum absolute atomic E-state index is 14.8. The number of halogens is 2. The molecule has 8 nitrogen and oxygen atoms in total. The molecule has 2 amide bonds. The lowest BCUT2D eigenvalue weighted by molar-refractivity contribution is 0.112. The van der Waals surface area contributed by atoms with E-state index in [1.165, 1.54) is 18.9 Å². The summed E-state index contributed by atoms with van der Waals surface area (Å²) < 4.78 is 29.6. The summed E-state index contributed by atoms with van der Waals surface area (Å²) in [5.41, 5.74) is 2.46. The Morgan fingerprint density at radius 3 is 2.59 bits per heavy atom. The molecule has 1 aromatic heterocycles. The zero-order valence-electron chi connectivity index (χ0n) is 20.6. The average molecular weight is 507 g/mol. The molecule has 0 unspecified atom stereocenters. The standard InChI is InChI=1S/C27H28F2N6O2/c1-17-8-9-18(16-36)14-19(17)23-20-15-31-27(37)35(24-21(28)6-4-7-22(24)29)25(20)33-26(32-23)30-10-5-13-34-11-2-3-12-34/h4,6-9,14,16H,2-3,5,10-13,15H2,1H3,(H,31,37)(H,30,32,33). The number of aryl methyl sites for hydroxylation is 1. The summed E-state index contributed by atoms with van der Waals surface area (Å²) in [6.45, 7) is 5.68. The van der Waals surface area contributed by atoms with Crippen LogP contribution in [0.25, 0.3) is 11.3 Å². The van der Waals surface area contributed by atoms with Crippen LogP contribution in [0.5, 0.6) is 0 Å². The number of urea groups is 1. The molecular formula is C27H28F2N6O2. The molecule has 1 saturated heterocycles. The van der Waals surface area contributed by atoms with Crippen LogP contribution in [0, 0.1) is 18.6 Å². The van der Waals surface area contributed by atoms with E-state index < -0.39 is 23.4 Å². The molecule has 3 heterocycles. The highest BCUT2D eigenvalue weighted by molar-refractivity contribution is 6.02. The summed E-state index contributed by atoms with van der Waals surface area (Å²) in [5, 5.41) is 5.91. The second-order valence-electron chi connectivity index (χ2n) is 9.28.